The fourth-order valence-corrected chi connectivity index (χ4v) is 4.56. The van der Waals surface area contributed by atoms with Crippen LogP contribution in [0.3, 0.4) is 0 Å². The first-order valence-corrected chi connectivity index (χ1v) is 10.9. The van der Waals surface area contributed by atoms with Gasteiger partial charge in [-0.15, -0.1) is 0 Å². The van der Waals surface area contributed by atoms with Crippen LogP contribution in [0, 0.1) is 0 Å². The Hall–Kier alpha value is -3.19. The first kappa shape index (κ1) is 19.8. The summed E-state index contributed by atoms with van der Waals surface area (Å²) in [6.07, 6.45) is 2.78. The summed E-state index contributed by atoms with van der Waals surface area (Å²) in [5, 5.41) is 3.12. The second kappa shape index (κ2) is 8.51. The summed E-state index contributed by atoms with van der Waals surface area (Å²) < 4.78 is 5.57. The van der Waals surface area contributed by atoms with E-state index < -0.39 is 0 Å². The van der Waals surface area contributed by atoms with Gasteiger partial charge in [-0.05, 0) is 17.7 Å². The third-order valence-corrected chi connectivity index (χ3v) is 6.21. The molecule has 1 saturated heterocycles. The van der Waals surface area contributed by atoms with Crippen LogP contribution < -0.4 is 10.2 Å². The Morgan fingerprint density at radius 1 is 1.03 bits per heavy atom. The fourth-order valence-electron chi connectivity index (χ4n) is 4.56. The van der Waals surface area contributed by atoms with Crippen molar-refractivity contribution in [2.45, 2.75) is 25.3 Å². The van der Waals surface area contributed by atoms with E-state index in [4.69, 9.17) is 14.4 Å². The monoisotopic (exact) mass is 417 g/mol. The minimum Gasteiger partial charge on any atom is -0.469 e. The second-order valence-corrected chi connectivity index (χ2v) is 8.24. The summed E-state index contributed by atoms with van der Waals surface area (Å²) in [7, 11) is 1.82. The van der Waals surface area contributed by atoms with Crippen LogP contribution in [-0.2, 0) is 13.0 Å². The van der Waals surface area contributed by atoms with E-state index in [1.807, 2.05) is 19.2 Å². The van der Waals surface area contributed by atoms with E-state index in [2.05, 4.69) is 45.4 Å². The number of piperazine rings is 1. The maximum Gasteiger partial charge on any atom is 0.227 e. The first-order chi connectivity index (χ1) is 15.2. The number of aromatic nitrogens is 2. The Kier molecular flexibility index (Phi) is 5.42. The van der Waals surface area contributed by atoms with Gasteiger partial charge in [0.15, 0.2) is 5.78 Å². The smallest absolute Gasteiger partial charge is 0.227 e. The molecule has 1 aliphatic carbocycles. The highest BCUT2D eigenvalue weighted by Crippen LogP contribution is 2.35. The number of carbonyl (C=O) groups excluding carboxylic acids is 1. The van der Waals surface area contributed by atoms with Crippen LogP contribution in [0.15, 0.2) is 53.1 Å². The quantitative estimate of drug-likeness (QED) is 0.682. The van der Waals surface area contributed by atoms with Crippen LogP contribution in [0.25, 0.3) is 0 Å². The maximum absolute atomic E-state index is 12.9. The number of hydrogen-bond acceptors (Lipinski definition) is 7. The summed E-state index contributed by atoms with van der Waals surface area (Å²) in [6, 6.07) is 14.4. The van der Waals surface area contributed by atoms with E-state index in [1.54, 1.807) is 6.26 Å². The number of nitrogens with one attached hydrogen (secondary N) is 1. The summed E-state index contributed by atoms with van der Waals surface area (Å²) >= 11 is 0. The average Bonchev–Trinajstić information content (AvgIpc) is 3.34. The second-order valence-electron chi connectivity index (χ2n) is 8.24. The zero-order valence-corrected chi connectivity index (χ0v) is 17.8. The van der Waals surface area contributed by atoms with E-state index in [9.17, 15) is 4.79 Å². The molecule has 0 bridgehead atoms. The van der Waals surface area contributed by atoms with Crippen molar-refractivity contribution in [1.82, 2.24) is 14.9 Å². The van der Waals surface area contributed by atoms with Crippen LogP contribution in [0.4, 0.5) is 11.8 Å². The molecule has 0 unspecified atom stereocenters. The van der Waals surface area contributed by atoms with E-state index in [1.165, 1.54) is 5.56 Å². The Morgan fingerprint density at radius 2 is 1.84 bits per heavy atom. The van der Waals surface area contributed by atoms with Gasteiger partial charge in [0.1, 0.15) is 11.6 Å². The van der Waals surface area contributed by atoms with Crippen molar-refractivity contribution in [1.29, 1.82) is 0 Å². The van der Waals surface area contributed by atoms with Gasteiger partial charge in [0.05, 0.1) is 17.5 Å². The highest BCUT2D eigenvalue weighted by Gasteiger charge is 2.33. The van der Waals surface area contributed by atoms with Crippen molar-refractivity contribution in [3.63, 3.8) is 0 Å². The van der Waals surface area contributed by atoms with Crippen LogP contribution >= 0.6 is 0 Å². The molecular formula is C24H27N5O2. The Labute approximate surface area is 182 Å². The molecule has 0 radical (unpaired) electrons. The van der Waals surface area contributed by atoms with Crippen LogP contribution in [-0.4, -0.2) is 53.9 Å². The van der Waals surface area contributed by atoms with E-state index in [0.29, 0.717) is 30.2 Å². The molecule has 1 fully saturated rings. The Morgan fingerprint density at radius 3 is 2.55 bits per heavy atom. The molecular weight excluding hydrogens is 390 g/mol. The average molecular weight is 418 g/mol. The summed E-state index contributed by atoms with van der Waals surface area (Å²) in [5.74, 6) is 2.29. The minimum absolute atomic E-state index is 0.0326. The van der Waals surface area contributed by atoms with Gasteiger partial charge in [-0.3, -0.25) is 9.69 Å². The van der Waals surface area contributed by atoms with Crippen LogP contribution in [0.2, 0.25) is 0 Å². The standard InChI is InChI=1S/C24H27N5O2/c1-25-23-22-19(14-18(15-20(22)30)21-8-5-13-31-21)26-24(27-23)29-11-9-28(10-12-29)16-17-6-3-2-4-7-17/h2-8,13,18H,9-12,14-16H2,1H3,(H,25,26,27)/t18-/m0/s1. The topological polar surface area (TPSA) is 74.5 Å². The van der Waals surface area contributed by atoms with Gasteiger partial charge < -0.3 is 14.6 Å². The van der Waals surface area contributed by atoms with E-state index in [-0.39, 0.29) is 11.7 Å². The SMILES string of the molecule is CNc1nc(N2CCN(Cc3ccccc3)CC2)nc2c1C(=O)C[C@@H](c1ccco1)C2. The van der Waals surface area contributed by atoms with Gasteiger partial charge in [-0.1, -0.05) is 30.3 Å². The summed E-state index contributed by atoms with van der Waals surface area (Å²) in [6.45, 7) is 4.60. The minimum atomic E-state index is 0.0326. The van der Waals surface area contributed by atoms with Gasteiger partial charge in [-0.2, -0.15) is 4.98 Å². The lowest BCUT2D eigenvalue weighted by molar-refractivity contribution is 0.0959. The summed E-state index contributed by atoms with van der Waals surface area (Å²) in [4.78, 5) is 27.2. The van der Waals surface area contributed by atoms with Crippen molar-refractivity contribution in [2.24, 2.45) is 0 Å². The Balaban J connectivity index is 1.34. The van der Waals surface area contributed by atoms with E-state index in [0.717, 1.165) is 44.2 Å². The molecule has 1 N–H and O–H groups in total. The number of carbonyl (C=O) groups is 1. The normalized spacial score (nSPS) is 19.3. The molecule has 7 nitrogen and oxygen atoms in total. The third kappa shape index (κ3) is 4.05. The molecule has 1 aromatic carbocycles. The van der Waals surface area contributed by atoms with Gasteiger partial charge in [0.2, 0.25) is 5.95 Å². The summed E-state index contributed by atoms with van der Waals surface area (Å²) in [5.41, 5.74) is 2.79. The molecule has 1 atom stereocenters. The molecule has 1 aliphatic heterocycles. The van der Waals surface area contributed by atoms with Gasteiger partial charge in [0.25, 0.3) is 0 Å². The molecule has 3 heterocycles. The van der Waals surface area contributed by atoms with E-state index >= 15 is 0 Å². The molecule has 2 aromatic heterocycles. The van der Waals surface area contributed by atoms with Crippen LogP contribution in [0.5, 0.6) is 0 Å². The molecule has 3 aromatic rings. The highest BCUT2D eigenvalue weighted by atomic mass is 16.3. The predicted molar refractivity (Wildman–Crippen MR) is 120 cm³/mol. The number of fused-ring (bicyclic) bond motifs is 1. The molecule has 2 aliphatic rings. The zero-order chi connectivity index (χ0) is 21.2. The number of furan rings is 1. The largest absolute Gasteiger partial charge is 0.469 e. The van der Waals surface area contributed by atoms with Gasteiger partial charge in [-0.25, -0.2) is 4.98 Å². The predicted octanol–water partition coefficient (Wildman–Crippen LogP) is 3.35. The molecule has 0 saturated carbocycles. The number of nitrogens with zero attached hydrogens (tertiary/aromatic N) is 4. The van der Waals surface area contributed by atoms with Crippen LogP contribution in [0.1, 0.15) is 39.7 Å². The number of hydrogen-bond donors (Lipinski definition) is 1. The molecule has 5 rings (SSSR count). The van der Waals surface area contributed by atoms with Gasteiger partial charge in [0, 0.05) is 58.5 Å². The number of ketones is 1. The number of benzene rings is 1. The Bertz CT molecular complexity index is 1040. The highest BCUT2D eigenvalue weighted by molar-refractivity contribution is 6.03. The maximum atomic E-state index is 12.9. The number of Topliss-reactive ketones (excluding diaryl/α,β-unsaturated/α-hetero) is 1. The van der Waals surface area contributed by atoms with Crippen molar-refractivity contribution >= 4 is 17.5 Å². The number of anilines is 2. The lowest BCUT2D eigenvalue weighted by Gasteiger charge is -2.35. The van der Waals surface area contributed by atoms with Crippen molar-refractivity contribution in [3.05, 3.63) is 71.3 Å². The van der Waals surface area contributed by atoms with Crippen molar-refractivity contribution in [2.75, 3.05) is 43.4 Å². The van der Waals surface area contributed by atoms with Crippen molar-refractivity contribution < 1.29 is 9.21 Å². The molecule has 0 spiro atoms. The fraction of sp³-hybridized carbons (Fsp3) is 0.375. The third-order valence-electron chi connectivity index (χ3n) is 6.21. The van der Waals surface area contributed by atoms with Crippen molar-refractivity contribution in [3.8, 4) is 0 Å². The lowest BCUT2D eigenvalue weighted by Crippen LogP contribution is -2.46. The molecule has 7 heteroatoms. The first-order valence-electron chi connectivity index (χ1n) is 10.9. The lowest BCUT2D eigenvalue weighted by atomic mass is 9.84. The molecule has 31 heavy (non-hydrogen) atoms. The number of rotatable bonds is 5. The van der Waals surface area contributed by atoms with Gasteiger partial charge >= 0.3 is 0 Å². The molecule has 0 amide bonds. The molecule has 160 valence electrons. The zero-order valence-electron chi connectivity index (χ0n) is 17.8.